The molecule has 1 fully saturated rings. The third kappa shape index (κ3) is 4.73. The first-order valence-corrected chi connectivity index (χ1v) is 13.2. The first kappa shape index (κ1) is 24.4. The quantitative estimate of drug-likeness (QED) is 0.378. The van der Waals surface area contributed by atoms with Crippen LogP contribution in [-0.4, -0.2) is 26.9 Å². The zero-order chi connectivity index (χ0) is 25.4. The van der Waals surface area contributed by atoms with Crippen LogP contribution < -0.4 is 15.4 Å². The number of benzene rings is 4. The number of hydrogen-bond acceptors (Lipinski definition) is 4. The second-order valence-corrected chi connectivity index (χ2v) is 10.8. The number of halogens is 2. The fraction of sp³-hybridized carbons (Fsp3) is 0.148. The van der Waals surface area contributed by atoms with E-state index in [0.29, 0.717) is 22.5 Å². The second kappa shape index (κ2) is 9.63. The van der Waals surface area contributed by atoms with Crippen molar-refractivity contribution in [2.75, 3.05) is 11.4 Å². The van der Waals surface area contributed by atoms with E-state index in [1.54, 1.807) is 36.4 Å². The number of amides is 1. The van der Waals surface area contributed by atoms with Crippen molar-refractivity contribution >= 4 is 44.0 Å². The Morgan fingerprint density at radius 1 is 0.972 bits per heavy atom. The predicted molar refractivity (Wildman–Crippen MR) is 140 cm³/mol. The Bertz CT molecular complexity index is 1590. The van der Waals surface area contributed by atoms with E-state index in [0.717, 1.165) is 16.5 Å². The standard InChI is InChI=1S/C27H23ClFN3O3S/c28-22-7-4-20-14-23(8-5-19(20)13-22)36(34,35)31-25-10-11-32(27(25)33)26-9-6-21(15-24(26)29)18-3-1-2-17(12-18)16-30/h1-9,12-15,25,31H,10-11,16,30H2/t25-/m0/s1. The molecule has 1 saturated heterocycles. The van der Waals surface area contributed by atoms with Gasteiger partial charge < -0.3 is 10.6 Å². The summed E-state index contributed by atoms with van der Waals surface area (Å²) in [4.78, 5) is 14.4. The van der Waals surface area contributed by atoms with Crippen molar-refractivity contribution in [3.05, 3.63) is 95.3 Å². The van der Waals surface area contributed by atoms with Gasteiger partial charge in [-0.05, 0) is 76.3 Å². The molecule has 6 nitrogen and oxygen atoms in total. The average Bonchev–Trinajstić information content (AvgIpc) is 3.22. The summed E-state index contributed by atoms with van der Waals surface area (Å²) in [5.41, 5.74) is 8.22. The van der Waals surface area contributed by atoms with Gasteiger partial charge in [0.15, 0.2) is 0 Å². The largest absolute Gasteiger partial charge is 0.326 e. The lowest BCUT2D eigenvalue weighted by Gasteiger charge is -2.19. The summed E-state index contributed by atoms with van der Waals surface area (Å²) in [7, 11) is -3.98. The minimum atomic E-state index is -3.98. The molecule has 0 bridgehead atoms. The zero-order valence-electron chi connectivity index (χ0n) is 19.1. The number of nitrogens with two attached hydrogens (primary N) is 1. The molecule has 1 atom stereocenters. The molecule has 0 spiro atoms. The first-order valence-electron chi connectivity index (χ1n) is 11.4. The zero-order valence-corrected chi connectivity index (χ0v) is 20.7. The Kier molecular flexibility index (Phi) is 6.53. The van der Waals surface area contributed by atoms with Gasteiger partial charge in [-0.25, -0.2) is 12.8 Å². The highest BCUT2D eigenvalue weighted by Gasteiger charge is 2.36. The smallest absolute Gasteiger partial charge is 0.245 e. The molecule has 36 heavy (non-hydrogen) atoms. The monoisotopic (exact) mass is 523 g/mol. The molecule has 1 amide bonds. The van der Waals surface area contributed by atoms with Gasteiger partial charge >= 0.3 is 0 Å². The van der Waals surface area contributed by atoms with Crippen molar-refractivity contribution in [1.29, 1.82) is 0 Å². The summed E-state index contributed by atoms with van der Waals surface area (Å²) in [6.07, 6.45) is 0.223. The average molecular weight is 524 g/mol. The molecule has 0 aliphatic carbocycles. The van der Waals surface area contributed by atoms with E-state index in [9.17, 15) is 13.2 Å². The highest BCUT2D eigenvalue weighted by Crippen LogP contribution is 2.30. The summed E-state index contributed by atoms with van der Waals surface area (Å²) in [6, 6.07) is 21.0. The Morgan fingerprint density at radius 3 is 2.50 bits per heavy atom. The van der Waals surface area contributed by atoms with Crippen molar-refractivity contribution in [3.8, 4) is 11.1 Å². The van der Waals surface area contributed by atoms with Crippen LogP contribution in [0.1, 0.15) is 12.0 Å². The maximum atomic E-state index is 15.1. The van der Waals surface area contributed by atoms with Crippen LogP contribution in [0.5, 0.6) is 0 Å². The number of carbonyl (C=O) groups excluding carboxylic acids is 1. The SMILES string of the molecule is NCc1cccc(-c2ccc(N3CC[C@H](NS(=O)(=O)c4ccc5cc(Cl)ccc5c4)C3=O)c(F)c2)c1. The van der Waals surface area contributed by atoms with Gasteiger partial charge in [-0.2, -0.15) is 4.72 Å². The molecule has 1 aliphatic rings. The molecule has 0 saturated carbocycles. The van der Waals surface area contributed by atoms with Crippen LogP contribution in [-0.2, 0) is 21.4 Å². The highest BCUT2D eigenvalue weighted by molar-refractivity contribution is 7.89. The summed E-state index contributed by atoms with van der Waals surface area (Å²) in [6.45, 7) is 0.572. The van der Waals surface area contributed by atoms with Crippen LogP contribution in [0, 0.1) is 5.82 Å². The number of rotatable bonds is 6. The van der Waals surface area contributed by atoms with Crippen LogP contribution >= 0.6 is 11.6 Å². The first-order chi connectivity index (χ1) is 17.2. The van der Waals surface area contributed by atoms with Gasteiger partial charge in [-0.3, -0.25) is 4.79 Å². The minimum absolute atomic E-state index is 0.0406. The van der Waals surface area contributed by atoms with Crippen LogP contribution in [0.2, 0.25) is 5.02 Å². The number of carbonyl (C=O) groups is 1. The lowest BCUT2D eigenvalue weighted by atomic mass is 10.0. The maximum Gasteiger partial charge on any atom is 0.245 e. The molecule has 0 aromatic heterocycles. The van der Waals surface area contributed by atoms with Crippen molar-refractivity contribution in [1.82, 2.24) is 4.72 Å². The molecular formula is C27H23ClFN3O3S. The van der Waals surface area contributed by atoms with Crippen LogP contribution in [0.4, 0.5) is 10.1 Å². The fourth-order valence-electron chi connectivity index (χ4n) is 4.43. The lowest BCUT2D eigenvalue weighted by molar-refractivity contribution is -0.118. The maximum absolute atomic E-state index is 15.1. The van der Waals surface area contributed by atoms with Gasteiger partial charge in [0.05, 0.1) is 10.6 Å². The van der Waals surface area contributed by atoms with Crippen LogP contribution in [0.15, 0.2) is 83.8 Å². The number of anilines is 1. The Labute approximate surface area is 213 Å². The molecule has 0 radical (unpaired) electrons. The summed E-state index contributed by atoms with van der Waals surface area (Å²) < 4.78 is 43.6. The molecule has 5 rings (SSSR count). The molecule has 0 unspecified atom stereocenters. The van der Waals surface area contributed by atoms with E-state index in [2.05, 4.69) is 4.72 Å². The molecule has 184 valence electrons. The number of fused-ring (bicyclic) bond motifs is 1. The van der Waals surface area contributed by atoms with Crippen molar-refractivity contribution in [2.24, 2.45) is 5.73 Å². The molecule has 1 heterocycles. The fourth-order valence-corrected chi connectivity index (χ4v) is 5.87. The molecule has 9 heteroatoms. The Balaban J connectivity index is 1.35. The summed E-state index contributed by atoms with van der Waals surface area (Å²) in [5.74, 6) is -1.06. The summed E-state index contributed by atoms with van der Waals surface area (Å²) in [5, 5.41) is 2.07. The number of nitrogens with zero attached hydrogens (tertiary/aromatic N) is 1. The third-order valence-electron chi connectivity index (χ3n) is 6.32. The van der Waals surface area contributed by atoms with Gasteiger partial charge in [-0.15, -0.1) is 0 Å². The van der Waals surface area contributed by atoms with E-state index < -0.39 is 27.8 Å². The molecule has 1 aliphatic heterocycles. The Morgan fingerprint density at radius 2 is 1.72 bits per heavy atom. The van der Waals surface area contributed by atoms with Gasteiger partial charge in [0.1, 0.15) is 11.9 Å². The molecule has 3 N–H and O–H groups in total. The van der Waals surface area contributed by atoms with E-state index >= 15 is 4.39 Å². The van der Waals surface area contributed by atoms with Crippen molar-refractivity contribution < 1.29 is 17.6 Å². The van der Waals surface area contributed by atoms with Crippen molar-refractivity contribution in [2.45, 2.75) is 23.9 Å². The third-order valence-corrected chi connectivity index (χ3v) is 8.03. The van der Waals surface area contributed by atoms with E-state index in [-0.39, 0.29) is 23.5 Å². The highest BCUT2D eigenvalue weighted by atomic mass is 35.5. The van der Waals surface area contributed by atoms with E-state index in [4.69, 9.17) is 17.3 Å². The second-order valence-electron chi connectivity index (χ2n) is 8.68. The van der Waals surface area contributed by atoms with Gasteiger partial charge in [0.25, 0.3) is 0 Å². The normalized spacial score (nSPS) is 16.1. The van der Waals surface area contributed by atoms with Gasteiger partial charge in [0, 0.05) is 18.1 Å². The molecule has 4 aromatic rings. The topological polar surface area (TPSA) is 92.5 Å². The lowest BCUT2D eigenvalue weighted by Crippen LogP contribution is -2.41. The van der Waals surface area contributed by atoms with E-state index in [1.165, 1.54) is 23.1 Å². The van der Waals surface area contributed by atoms with Crippen molar-refractivity contribution in [3.63, 3.8) is 0 Å². The van der Waals surface area contributed by atoms with Crippen LogP contribution in [0.3, 0.4) is 0 Å². The molecular weight excluding hydrogens is 501 g/mol. The Hall–Kier alpha value is -3.30. The van der Waals surface area contributed by atoms with E-state index in [1.807, 2.05) is 24.3 Å². The minimum Gasteiger partial charge on any atom is -0.326 e. The van der Waals surface area contributed by atoms with Gasteiger partial charge in [-0.1, -0.05) is 48.0 Å². The predicted octanol–water partition coefficient (Wildman–Crippen LogP) is 4.84. The number of sulfonamides is 1. The summed E-state index contributed by atoms with van der Waals surface area (Å²) >= 11 is 6.00. The number of hydrogen-bond donors (Lipinski definition) is 2. The molecule has 4 aromatic carbocycles. The van der Waals surface area contributed by atoms with Crippen LogP contribution in [0.25, 0.3) is 21.9 Å². The number of nitrogens with one attached hydrogen (secondary N) is 1. The van der Waals surface area contributed by atoms with Gasteiger partial charge in [0.2, 0.25) is 15.9 Å².